The average molecular weight is 326 g/mol. The zero-order valence-corrected chi connectivity index (χ0v) is 12.8. The number of hydrogen-bond acceptors (Lipinski definition) is 3. The molecule has 0 aliphatic carbocycles. The molecule has 4 heteroatoms. The Morgan fingerprint density at radius 3 is 2.83 bits per heavy atom. The molecule has 0 fully saturated rings. The van der Waals surface area contributed by atoms with Crippen molar-refractivity contribution < 1.29 is 4.74 Å². The second kappa shape index (κ2) is 6.36. The molecule has 18 heavy (non-hydrogen) atoms. The molecule has 2 rings (SSSR count). The molecule has 1 unspecified atom stereocenters. The molecular formula is C14H16BrNOS. The highest BCUT2D eigenvalue weighted by atomic mass is 79.9. The number of nitrogens with one attached hydrogen (secondary N) is 1. The van der Waals surface area contributed by atoms with Crippen molar-refractivity contribution in [2.24, 2.45) is 0 Å². The molecule has 0 bridgehead atoms. The quantitative estimate of drug-likeness (QED) is 0.881. The van der Waals surface area contributed by atoms with E-state index in [1.54, 1.807) is 11.3 Å². The number of rotatable bonds is 5. The Balaban J connectivity index is 2.05. The minimum absolute atomic E-state index is 0.340. The van der Waals surface area contributed by atoms with E-state index in [9.17, 15) is 0 Å². The van der Waals surface area contributed by atoms with E-state index in [-0.39, 0.29) is 0 Å². The smallest absolute Gasteiger partial charge is 0.134 e. The lowest BCUT2D eigenvalue weighted by molar-refractivity contribution is 0.307. The molecule has 2 aromatic rings. The Labute approximate surface area is 120 Å². The van der Waals surface area contributed by atoms with Crippen molar-refractivity contribution in [1.82, 2.24) is 5.32 Å². The van der Waals surface area contributed by atoms with Crippen LogP contribution in [0.2, 0.25) is 0 Å². The highest BCUT2D eigenvalue weighted by Crippen LogP contribution is 2.29. The summed E-state index contributed by atoms with van der Waals surface area (Å²) in [5.41, 5.74) is 1.24. The van der Waals surface area contributed by atoms with Crippen LogP contribution in [0.1, 0.15) is 23.4 Å². The van der Waals surface area contributed by atoms with Crippen LogP contribution in [0.25, 0.3) is 0 Å². The summed E-state index contributed by atoms with van der Waals surface area (Å²) >= 11 is 5.27. The Morgan fingerprint density at radius 2 is 2.22 bits per heavy atom. The molecule has 0 radical (unpaired) electrons. The topological polar surface area (TPSA) is 21.3 Å². The van der Waals surface area contributed by atoms with Crippen molar-refractivity contribution >= 4 is 27.3 Å². The zero-order valence-electron chi connectivity index (χ0n) is 10.4. The van der Waals surface area contributed by atoms with Crippen LogP contribution in [-0.2, 0) is 6.61 Å². The second-order valence-electron chi connectivity index (χ2n) is 4.07. The van der Waals surface area contributed by atoms with Gasteiger partial charge in [0.05, 0.1) is 4.47 Å². The van der Waals surface area contributed by atoms with Gasteiger partial charge in [0.1, 0.15) is 12.4 Å². The predicted molar refractivity (Wildman–Crippen MR) is 80.3 cm³/mol. The van der Waals surface area contributed by atoms with E-state index in [2.05, 4.69) is 51.7 Å². The maximum absolute atomic E-state index is 5.79. The van der Waals surface area contributed by atoms with E-state index in [4.69, 9.17) is 4.74 Å². The summed E-state index contributed by atoms with van der Waals surface area (Å²) in [6.07, 6.45) is 0. The third-order valence-electron chi connectivity index (χ3n) is 2.84. The summed E-state index contributed by atoms with van der Waals surface area (Å²) in [4.78, 5) is 1.23. The second-order valence-corrected chi connectivity index (χ2v) is 5.95. The summed E-state index contributed by atoms with van der Waals surface area (Å²) in [5, 5.41) is 5.28. The van der Waals surface area contributed by atoms with Crippen LogP contribution in [0.15, 0.2) is 40.2 Å². The van der Waals surface area contributed by atoms with E-state index >= 15 is 0 Å². The van der Waals surface area contributed by atoms with Gasteiger partial charge in [0.2, 0.25) is 0 Å². The monoisotopic (exact) mass is 325 g/mol. The summed E-state index contributed by atoms with van der Waals surface area (Å²) in [6.45, 7) is 2.76. The lowest BCUT2D eigenvalue weighted by atomic mass is 10.1. The van der Waals surface area contributed by atoms with Gasteiger partial charge in [0.15, 0.2) is 0 Å². The predicted octanol–water partition coefficient (Wildman–Crippen LogP) is 4.37. The van der Waals surface area contributed by atoms with Gasteiger partial charge < -0.3 is 10.1 Å². The molecule has 0 amide bonds. The first-order chi connectivity index (χ1) is 8.70. The van der Waals surface area contributed by atoms with Gasteiger partial charge in [-0.1, -0.05) is 12.1 Å². The number of halogens is 1. The van der Waals surface area contributed by atoms with Crippen LogP contribution < -0.4 is 10.1 Å². The van der Waals surface area contributed by atoms with E-state index in [1.807, 2.05) is 19.2 Å². The highest BCUT2D eigenvalue weighted by molar-refractivity contribution is 9.10. The Hall–Kier alpha value is -0.840. The van der Waals surface area contributed by atoms with Crippen molar-refractivity contribution in [2.75, 3.05) is 7.05 Å². The van der Waals surface area contributed by atoms with Gasteiger partial charge in [-0.3, -0.25) is 0 Å². The summed E-state index contributed by atoms with van der Waals surface area (Å²) in [7, 11) is 1.96. The van der Waals surface area contributed by atoms with Crippen molar-refractivity contribution in [2.45, 2.75) is 19.6 Å². The molecule has 0 spiro atoms. The summed E-state index contributed by atoms with van der Waals surface area (Å²) in [5.74, 6) is 0.885. The van der Waals surface area contributed by atoms with Crippen LogP contribution in [-0.4, -0.2) is 7.05 Å². The number of ether oxygens (including phenoxy) is 1. The minimum atomic E-state index is 0.340. The third kappa shape index (κ3) is 3.34. The van der Waals surface area contributed by atoms with Crippen molar-refractivity contribution in [1.29, 1.82) is 0 Å². The molecule has 0 aliphatic heterocycles. The molecule has 1 aromatic carbocycles. The number of thiophene rings is 1. The minimum Gasteiger partial charge on any atom is -0.487 e. The van der Waals surface area contributed by atoms with Gasteiger partial charge in [-0.25, -0.2) is 0 Å². The maximum Gasteiger partial charge on any atom is 0.134 e. The van der Waals surface area contributed by atoms with E-state index in [1.165, 1.54) is 10.4 Å². The van der Waals surface area contributed by atoms with Gasteiger partial charge >= 0.3 is 0 Å². The van der Waals surface area contributed by atoms with Gasteiger partial charge in [0.25, 0.3) is 0 Å². The molecular weight excluding hydrogens is 310 g/mol. The van der Waals surface area contributed by atoms with Gasteiger partial charge in [-0.15, -0.1) is 11.3 Å². The average Bonchev–Trinajstić information content (AvgIpc) is 2.89. The van der Waals surface area contributed by atoms with Crippen molar-refractivity contribution in [3.63, 3.8) is 0 Å². The van der Waals surface area contributed by atoms with Gasteiger partial charge in [-0.2, -0.15) is 0 Å². The fourth-order valence-electron chi connectivity index (χ4n) is 1.61. The molecule has 1 atom stereocenters. The third-order valence-corrected chi connectivity index (χ3v) is 4.31. The Morgan fingerprint density at radius 1 is 1.39 bits per heavy atom. The molecule has 2 nitrogen and oxygen atoms in total. The van der Waals surface area contributed by atoms with Gasteiger partial charge in [0, 0.05) is 10.9 Å². The first-order valence-electron chi connectivity index (χ1n) is 5.82. The molecule has 0 saturated heterocycles. The molecule has 1 aromatic heterocycles. The molecule has 96 valence electrons. The van der Waals surface area contributed by atoms with Crippen molar-refractivity contribution in [3.05, 3.63) is 50.6 Å². The SMILES string of the molecule is CNC(C)c1ccc(OCc2cccs2)c(Br)c1. The number of benzene rings is 1. The summed E-state index contributed by atoms with van der Waals surface area (Å²) < 4.78 is 6.79. The first-order valence-corrected chi connectivity index (χ1v) is 7.50. The lowest BCUT2D eigenvalue weighted by Gasteiger charge is -2.13. The van der Waals surface area contributed by atoms with Crippen molar-refractivity contribution in [3.8, 4) is 5.75 Å². The standard InChI is InChI=1S/C14H16BrNOS/c1-10(16-2)11-5-6-14(13(15)8-11)17-9-12-4-3-7-18-12/h3-8,10,16H,9H2,1-2H3. The Bertz CT molecular complexity index is 499. The molecule has 1 heterocycles. The Kier molecular flexibility index (Phi) is 4.80. The normalized spacial score (nSPS) is 12.4. The maximum atomic E-state index is 5.79. The summed E-state index contributed by atoms with van der Waals surface area (Å²) in [6, 6.07) is 10.7. The molecule has 1 N–H and O–H groups in total. The van der Waals surface area contributed by atoms with Crippen LogP contribution in [0, 0.1) is 0 Å². The molecule has 0 aliphatic rings. The molecule has 0 saturated carbocycles. The zero-order chi connectivity index (χ0) is 13.0. The number of hydrogen-bond donors (Lipinski definition) is 1. The highest BCUT2D eigenvalue weighted by Gasteiger charge is 2.07. The van der Waals surface area contributed by atoms with E-state index < -0.39 is 0 Å². The first kappa shape index (κ1) is 13.6. The van der Waals surface area contributed by atoms with Crippen LogP contribution >= 0.6 is 27.3 Å². The fourth-order valence-corrected chi connectivity index (χ4v) is 2.74. The van der Waals surface area contributed by atoms with Crippen LogP contribution in [0.4, 0.5) is 0 Å². The largest absolute Gasteiger partial charge is 0.487 e. The fraction of sp³-hybridized carbons (Fsp3) is 0.286. The van der Waals surface area contributed by atoms with Gasteiger partial charge in [-0.05, 0) is 59.0 Å². The van der Waals surface area contributed by atoms with Crippen LogP contribution in [0.3, 0.4) is 0 Å². The lowest BCUT2D eigenvalue weighted by Crippen LogP contribution is -2.12. The van der Waals surface area contributed by atoms with E-state index in [0.717, 1.165) is 10.2 Å². The van der Waals surface area contributed by atoms with Crippen LogP contribution in [0.5, 0.6) is 5.75 Å². The van der Waals surface area contributed by atoms with E-state index in [0.29, 0.717) is 12.6 Å².